The van der Waals surface area contributed by atoms with Gasteiger partial charge in [0, 0.05) is 5.92 Å². The highest BCUT2D eigenvalue weighted by Crippen LogP contribution is 2.33. The Morgan fingerprint density at radius 1 is 1.33 bits per heavy atom. The minimum absolute atomic E-state index is 0.653. The minimum Gasteiger partial charge on any atom is -0.0833 e. The molecule has 0 N–H and O–H groups in total. The molecule has 0 heteroatoms. The van der Waals surface area contributed by atoms with Crippen molar-refractivity contribution in [2.75, 3.05) is 0 Å². The van der Waals surface area contributed by atoms with Gasteiger partial charge < -0.3 is 0 Å². The molecule has 2 aliphatic rings. The van der Waals surface area contributed by atoms with E-state index in [1.165, 1.54) is 17.6 Å². The third-order valence-corrected chi connectivity index (χ3v) is 2.67. The lowest BCUT2D eigenvalue weighted by atomic mass is 9.81. The van der Waals surface area contributed by atoms with Crippen molar-refractivity contribution in [3.05, 3.63) is 47.1 Å². The van der Waals surface area contributed by atoms with Gasteiger partial charge in [-0.25, -0.2) is 0 Å². The first-order valence-electron chi connectivity index (χ1n) is 4.52. The Morgan fingerprint density at radius 2 is 2.17 bits per heavy atom. The van der Waals surface area contributed by atoms with Crippen molar-refractivity contribution in [3.8, 4) is 0 Å². The zero-order chi connectivity index (χ0) is 8.55. The molecule has 0 aromatic heterocycles. The first-order chi connectivity index (χ1) is 5.79. The second-order valence-electron chi connectivity index (χ2n) is 3.58. The maximum absolute atomic E-state index is 2.30. The number of hydrogen-bond acceptors (Lipinski definition) is 0. The van der Waals surface area contributed by atoms with Crippen LogP contribution in [0.1, 0.15) is 20.3 Å². The van der Waals surface area contributed by atoms with E-state index in [4.69, 9.17) is 0 Å². The number of fused-ring (bicyclic) bond motifs is 1. The first-order valence-corrected chi connectivity index (χ1v) is 4.52. The van der Waals surface area contributed by atoms with Crippen molar-refractivity contribution < 1.29 is 0 Å². The fraction of sp³-hybridized carbons (Fsp3) is 0.333. The summed E-state index contributed by atoms with van der Waals surface area (Å²) in [5.41, 5.74) is 4.41. The van der Waals surface area contributed by atoms with Gasteiger partial charge in [-0.3, -0.25) is 0 Å². The van der Waals surface area contributed by atoms with Gasteiger partial charge in [-0.1, -0.05) is 30.4 Å². The Hall–Kier alpha value is -1.04. The van der Waals surface area contributed by atoms with Gasteiger partial charge in [-0.2, -0.15) is 0 Å². The molecule has 0 aliphatic heterocycles. The van der Waals surface area contributed by atoms with E-state index in [1.807, 2.05) is 0 Å². The van der Waals surface area contributed by atoms with Gasteiger partial charge in [0.15, 0.2) is 0 Å². The second kappa shape index (κ2) is 2.78. The fourth-order valence-corrected chi connectivity index (χ4v) is 2.09. The van der Waals surface area contributed by atoms with Crippen LogP contribution < -0.4 is 0 Å². The molecule has 2 rings (SSSR count). The summed E-state index contributed by atoms with van der Waals surface area (Å²) in [7, 11) is 0. The molecule has 0 radical (unpaired) electrons. The predicted molar refractivity (Wildman–Crippen MR) is 52.8 cm³/mol. The van der Waals surface area contributed by atoms with Gasteiger partial charge in [0.25, 0.3) is 0 Å². The Kier molecular flexibility index (Phi) is 1.76. The highest BCUT2D eigenvalue weighted by Gasteiger charge is 2.18. The lowest BCUT2D eigenvalue weighted by Gasteiger charge is -2.24. The summed E-state index contributed by atoms with van der Waals surface area (Å²) in [6.45, 7) is 4.41. The molecular formula is C12H14. The minimum atomic E-state index is 0.653. The van der Waals surface area contributed by atoms with Crippen LogP contribution in [0.3, 0.4) is 0 Å². The van der Waals surface area contributed by atoms with E-state index >= 15 is 0 Å². The fourth-order valence-electron chi connectivity index (χ4n) is 2.09. The van der Waals surface area contributed by atoms with Crippen molar-refractivity contribution in [2.45, 2.75) is 20.3 Å². The normalized spacial score (nSPS) is 27.2. The van der Waals surface area contributed by atoms with E-state index < -0.39 is 0 Å². The molecule has 0 saturated heterocycles. The lowest BCUT2D eigenvalue weighted by molar-refractivity contribution is 0.754. The largest absolute Gasteiger partial charge is 0.0833 e. The highest BCUT2D eigenvalue weighted by atomic mass is 14.2. The third-order valence-electron chi connectivity index (χ3n) is 2.67. The second-order valence-corrected chi connectivity index (χ2v) is 3.58. The standard InChI is InChI=1S/C12H14/c1-9-5-3-7-11-8-4-6-10(2)12(9)11/h3-7,11H,8H2,1-2H3. The quantitative estimate of drug-likeness (QED) is 0.507. The van der Waals surface area contributed by atoms with Crippen molar-refractivity contribution in [1.82, 2.24) is 0 Å². The van der Waals surface area contributed by atoms with Gasteiger partial charge in [0.2, 0.25) is 0 Å². The van der Waals surface area contributed by atoms with Gasteiger partial charge in [-0.05, 0) is 37.0 Å². The van der Waals surface area contributed by atoms with Gasteiger partial charge >= 0.3 is 0 Å². The van der Waals surface area contributed by atoms with Crippen LogP contribution in [0.15, 0.2) is 47.1 Å². The summed E-state index contributed by atoms with van der Waals surface area (Å²) >= 11 is 0. The molecule has 1 atom stereocenters. The van der Waals surface area contributed by atoms with Gasteiger partial charge in [-0.15, -0.1) is 0 Å². The maximum Gasteiger partial charge on any atom is 0.00609 e. The summed E-state index contributed by atoms with van der Waals surface area (Å²) < 4.78 is 0. The Labute approximate surface area is 74.0 Å². The molecule has 2 aliphatic carbocycles. The molecule has 12 heavy (non-hydrogen) atoms. The van der Waals surface area contributed by atoms with Crippen LogP contribution in [0.2, 0.25) is 0 Å². The summed E-state index contributed by atoms with van der Waals surface area (Å²) in [6.07, 6.45) is 12.4. The Balaban J connectivity index is 2.49. The van der Waals surface area contributed by atoms with Crippen LogP contribution in [0.4, 0.5) is 0 Å². The van der Waals surface area contributed by atoms with E-state index in [0.717, 1.165) is 0 Å². The molecule has 0 fully saturated rings. The SMILES string of the molecule is CC1=CC=CC2CC=CC(C)=C12. The molecule has 0 spiro atoms. The zero-order valence-electron chi connectivity index (χ0n) is 7.67. The van der Waals surface area contributed by atoms with Crippen LogP contribution in [-0.2, 0) is 0 Å². The number of allylic oxidation sites excluding steroid dienone is 8. The molecule has 0 heterocycles. The summed E-state index contributed by atoms with van der Waals surface area (Å²) in [5.74, 6) is 0.653. The first kappa shape index (κ1) is 7.60. The van der Waals surface area contributed by atoms with E-state index in [2.05, 4.69) is 44.2 Å². The van der Waals surface area contributed by atoms with E-state index in [-0.39, 0.29) is 0 Å². The average Bonchev–Trinajstić information content (AvgIpc) is 2.04. The molecule has 0 amide bonds. The molecule has 0 aromatic rings. The lowest BCUT2D eigenvalue weighted by Crippen LogP contribution is -2.09. The number of rotatable bonds is 0. The molecule has 1 unspecified atom stereocenters. The van der Waals surface area contributed by atoms with Crippen molar-refractivity contribution in [3.63, 3.8) is 0 Å². The van der Waals surface area contributed by atoms with Gasteiger partial charge in [0.05, 0.1) is 0 Å². The van der Waals surface area contributed by atoms with Crippen LogP contribution in [-0.4, -0.2) is 0 Å². The van der Waals surface area contributed by atoms with Crippen molar-refractivity contribution in [1.29, 1.82) is 0 Å². The molecule has 62 valence electrons. The molecule has 0 aromatic carbocycles. The summed E-state index contributed by atoms with van der Waals surface area (Å²) in [4.78, 5) is 0. The van der Waals surface area contributed by atoms with Crippen LogP contribution in [0.25, 0.3) is 0 Å². The monoisotopic (exact) mass is 158 g/mol. The van der Waals surface area contributed by atoms with Crippen LogP contribution in [0.5, 0.6) is 0 Å². The van der Waals surface area contributed by atoms with Crippen molar-refractivity contribution in [2.24, 2.45) is 5.92 Å². The van der Waals surface area contributed by atoms with E-state index in [9.17, 15) is 0 Å². The molecule has 0 nitrogen and oxygen atoms in total. The molecule has 0 saturated carbocycles. The smallest absolute Gasteiger partial charge is 0.00609 e. The van der Waals surface area contributed by atoms with E-state index in [1.54, 1.807) is 5.57 Å². The van der Waals surface area contributed by atoms with Crippen LogP contribution in [0, 0.1) is 5.92 Å². The average molecular weight is 158 g/mol. The van der Waals surface area contributed by atoms with E-state index in [0.29, 0.717) is 5.92 Å². The topological polar surface area (TPSA) is 0 Å². The maximum atomic E-state index is 2.30. The predicted octanol–water partition coefficient (Wildman–Crippen LogP) is 3.40. The molecular weight excluding hydrogens is 144 g/mol. The highest BCUT2D eigenvalue weighted by molar-refractivity contribution is 5.48. The Morgan fingerprint density at radius 3 is 2.92 bits per heavy atom. The van der Waals surface area contributed by atoms with Gasteiger partial charge in [0.1, 0.15) is 0 Å². The number of hydrogen-bond donors (Lipinski definition) is 0. The summed E-state index contributed by atoms with van der Waals surface area (Å²) in [5, 5.41) is 0. The third kappa shape index (κ3) is 1.08. The van der Waals surface area contributed by atoms with Crippen molar-refractivity contribution >= 4 is 0 Å². The Bertz CT molecular complexity index is 311. The zero-order valence-corrected chi connectivity index (χ0v) is 7.67. The summed E-state index contributed by atoms with van der Waals surface area (Å²) in [6, 6.07) is 0. The van der Waals surface area contributed by atoms with Crippen LogP contribution >= 0.6 is 0 Å². The molecule has 0 bridgehead atoms.